The molecule has 78 valence electrons. The third-order valence-electron chi connectivity index (χ3n) is 2.77. The summed E-state index contributed by atoms with van der Waals surface area (Å²) in [6.07, 6.45) is 4.01. The van der Waals surface area contributed by atoms with Crippen molar-refractivity contribution in [3.05, 3.63) is 16.6 Å². The molecule has 1 heterocycles. The van der Waals surface area contributed by atoms with Crippen LogP contribution in [0.4, 0.5) is 0 Å². The second-order valence-electron chi connectivity index (χ2n) is 3.73. The molecule has 0 amide bonds. The van der Waals surface area contributed by atoms with Crippen LogP contribution in [0.2, 0.25) is 0 Å². The minimum Gasteiger partial charge on any atom is -0.381 e. The Morgan fingerprint density at radius 1 is 1.64 bits per heavy atom. The summed E-state index contributed by atoms with van der Waals surface area (Å²) in [6, 6.07) is 0.613. The number of hydrogen-bond acceptors (Lipinski definition) is 4. The Hall–Kier alpha value is -0.450. The minimum absolute atomic E-state index is 0.461. The highest BCUT2D eigenvalue weighted by atomic mass is 32.1. The van der Waals surface area contributed by atoms with E-state index in [-0.39, 0.29) is 0 Å². The SMILES string of the molecule is COC1CCC(NCc2cscn2)C1. The lowest BCUT2D eigenvalue weighted by Gasteiger charge is -2.11. The minimum atomic E-state index is 0.461. The first-order valence-electron chi connectivity index (χ1n) is 5.01. The number of nitrogens with zero attached hydrogens (tertiary/aromatic N) is 1. The van der Waals surface area contributed by atoms with Gasteiger partial charge in [0.05, 0.1) is 17.3 Å². The predicted octanol–water partition coefficient (Wildman–Crippen LogP) is 1.80. The molecule has 2 unspecified atom stereocenters. The maximum Gasteiger partial charge on any atom is 0.0795 e. The summed E-state index contributed by atoms with van der Waals surface area (Å²) in [5.41, 5.74) is 3.03. The van der Waals surface area contributed by atoms with Crippen molar-refractivity contribution in [1.29, 1.82) is 0 Å². The van der Waals surface area contributed by atoms with Gasteiger partial charge in [-0.1, -0.05) is 0 Å². The molecule has 0 aromatic carbocycles. The van der Waals surface area contributed by atoms with E-state index in [1.807, 2.05) is 5.51 Å². The van der Waals surface area contributed by atoms with Crippen molar-refractivity contribution < 1.29 is 4.74 Å². The van der Waals surface area contributed by atoms with Gasteiger partial charge in [0.1, 0.15) is 0 Å². The summed E-state index contributed by atoms with van der Waals surface area (Å²) < 4.78 is 5.32. The van der Waals surface area contributed by atoms with Crippen molar-refractivity contribution in [3.8, 4) is 0 Å². The molecule has 14 heavy (non-hydrogen) atoms. The molecule has 1 fully saturated rings. The first-order valence-corrected chi connectivity index (χ1v) is 5.96. The smallest absolute Gasteiger partial charge is 0.0795 e. The quantitative estimate of drug-likeness (QED) is 0.826. The van der Waals surface area contributed by atoms with Crippen LogP contribution in [-0.4, -0.2) is 24.2 Å². The summed E-state index contributed by atoms with van der Waals surface area (Å²) in [6.45, 7) is 0.893. The van der Waals surface area contributed by atoms with E-state index in [2.05, 4.69) is 15.7 Å². The predicted molar refractivity (Wildman–Crippen MR) is 57.4 cm³/mol. The van der Waals surface area contributed by atoms with E-state index in [9.17, 15) is 0 Å². The van der Waals surface area contributed by atoms with Crippen molar-refractivity contribution in [2.75, 3.05) is 7.11 Å². The molecule has 3 nitrogen and oxygen atoms in total. The number of methoxy groups -OCH3 is 1. The Labute approximate surface area is 88.5 Å². The van der Waals surface area contributed by atoms with Crippen LogP contribution in [0.3, 0.4) is 0 Å². The van der Waals surface area contributed by atoms with Gasteiger partial charge in [0.2, 0.25) is 0 Å². The van der Waals surface area contributed by atoms with Crippen LogP contribution < -0.4 is 5.32 Å². The van der Waals surface area contributed by atoms with Crippen LogP contribution in [-0.2, 0) is 11.3 Å². The number of hydrogen-bond donors (Lipinski definition) is 1. The highest BCUT2D eigenvalue weighted by Crippen LogP contribution is 2.21. The second-order valence-corrected chi connectivity index (χ2v) is 4.45. The molecule has 0 bridgehead atoms. The molecular formula is C10H16N2OS. The molecule has 2 atom stereocenters. The van der Waals surface area contributed by atoms with E-state index >= 15 is 0 Å². The zero-order chi connectivity index (χ0) is 9.80. The third-order valence-corrected chi connectivity index (χ3v) is 3.41. The monoisotopic (exact) mass is 212 g/mol. The fourth-order valence-corrected chi connectivity index (χ4v) is 2.47. The van der Waals surface area contributed by atoms with Gasteiger partial charge in [-0.05, 0) is 19.3 Å². The van der Waals surface area contributed by atoms with Gasteiger partial charge in [0.15, 0.2) is 0 Å². The van der Waals surface area contributed by atoms with E-state index in [1.54, 1.807) is 18.4 Å². The molecule has 0 radical (unpaired) electrons. The first-order chi connectivity index (χ1) is 6.88. The molecule has 0 spiro atoms. The maximum atomic E-state index is 5.32. The molecule has 2 rings (SSSR count). The third kappa shape index (κ3) is 2.53. The number of nitrogens with one attached hydrogen (secondary N) is 1. The van der Waals surface area contributed by atoms with Gasteiger partial charge in [-0.3, -0.25) is 0 Å². The van der Waals surface area contributed by atoms with Crippen molar-refractivity contribution in [2.45, 2.75) is 38.0 Å². The number of aromatic nitrogens is 1. The molecule has 4 heteroatoms. The number of thiazole rings is 1. The molecule has 0 saturated heterocycles. The molecule has 0 aliphatic heterocycles. The normalized spacial score (nSPS) is 26.9. The van der Waals surface area contributed by atoms with Gasteiger partial charge in [-0.2, -0.15) is 0 Å². The standard InChI is InChI=1S/C10H16N2OS/c1-13-10-3-2-8(4-10)11-5-9-6-14-7-12-9/h6-8,10-11H,2-5H2,1H3. The number of ether oxygens (including phenoxy) is 1. The Kier molecular flexibility index (Phi) is 3.50. The van der Waals surface area contributed by atoms with Crippen molar-refractivity contribution in [2.24, 2.45) is 0 Å². The Morgan fingerprint density at radius 3 is 3.21 bits per heavy atom. The van der Waals surface area contributed by atoms with E-state index in [0.29, 0.717) is 12.1 Å². The van der Waals surface area contributed by atoms with Gasteiger partial charge in [-0.25, -0.2) is 4.98 Å². The largest absolute Gasteiger partial charge is 0.381 e. The summed E-state index contributed by atoms with van der Waals surface area (Å²) in [4.78, 5) is 4.24. The molecule has 1 aliphatic rings. The molecule has 1 aromatic heterocycles. The van der Waals surface area contributed by atoms with Gasteiger partial charge in [-0.15, -0.1) is 11.3 Å². The Balaban J connectivity index is 1.72. The van der Waals surface area contributed by atoms with E-state index < -0.39 is 0 Å². The summed E-state index contributed by atoms with van der Waals surface area (Å²) in [7, 11) is 1.80. The van der Waals surface area contributed by atoms with Crippen LogP contribution in [0, 0.1) is 0 Å². The fourth-order valence-electron chi connectivity index (χ4n) is 1.91. The Bertz CT molecular complexity index is 263. The molecule has 1 aromatic rings. The first kappa shape index (κ1) is 10.1. The van der Waals surface area contributed by atoms with Crippen molar-refractivity contribution in [1.82, 2.24) is 10.3 Å². The maximum absolute atomic E-state index is 5.32. The molecule has 1 aliphatic carbocycles. The molecule has 1 saturated carbocycles. The zero-order valence-electron chi connectivity index (χ0n) is 8.40. The lowest BCUT2D eigenvalue weighted by molar-refractivity contribution is 0.107. The van der Waals surface area contributed by atoms with Crippen LogP contribution in [0.1, 0.15) is 25.0 Å². The van der Waals surface area contributed by atoms with Gasteiger partial charge < -0.3 is 10.1 Å². The average Bonchev–Trinajstić information content (AvgIpc) is 2.86. The van der Waals surface area contributed by atoms with Gasteiger partial charge >= 0.3 is 0 Å². The lowest BCUT2D eigenvalue weighted by atomic mass is 10.2. The summed E-state index contributed by atoms with van der Waals surface area (Å²) >= 11 is 1.65. The topological polar surface area (TPSA) is 34.1 Å². The van der Waals surface area contributed by atoms with Crippen molar-refractivity contribution >= 4 is 11.3 Å². The van der Waals surface area contributed by atoms with Gasteiger partial charge in [0, 0.05) is 25.1 Å². The lowest BCUT2D eigenvalue weighted by Crippen LogP contribution is -2.26. The average molecular weight is 212 g/mol. The Morgan fingerprint density at radius 2 is 2.57 bits per heavy atom. The fraction of sp³-hybridized carbons (Fsp3) is 0.700. The zero-order valence-corrected chi connectivity index (χ0v) is 9.22. The van der Waals surface area contributed by atoms with Crippen LogP contribution in [0.25, 0.3) is 0 Å². The van der Waals surface area contributed by atoms with E-state index in [1.165, 1.54) is 12.8 Å². The molecular weight excluding hydrogens is 196 g/mol. The highest BCUT2D eigenvalue weighted by molar-refractivity contribution is 7.07. The van der Waals surface area contributed by atoms with Crippen molar-refractivity contribution in [3.63, 3.8) is 0 Å². The summed E-state index contributed by atoms with van der Waals surface area (Å²) in [5, 5.41) is 5.61. The van der Waals surface area contributed by atoms with Gasteiger partial charge in [0.25, 0.3) is 0 Å². The summed E-state index contributed by atoms with van der Waals surface area (Å²) in [5.74, 6) is 0. The molecule has 1 N–H and O–H groups in total. The second kappa shape index (κ2) is 4.87. The van der Waals surface area contributed by atoms with Crippen LogP contribution >= 0.6 is 11.3 Å². The van der Waals surface area contributed by atoms with E-state index in [4.69, 9.17) is 4.74 Å². The van der Waals surface area contributed by atoms with Crippen LogP contribution in [0.15, 0.2) is 10.9 Å². The van der Waals surface area contributed by atoms with E-state index in [0.717, 1.165) is 18.7 Å². The number of rotatable bonds is 4. The highest BCUT2D eigenvalue weighted by Gasteiger charge is 2.23. The van der Waals surface area contributed by atoms with Crippen LogP contribution in [0.5, 0.6) is 0 Å².